The van der Waals surface area contributed by atoms with Gasteiger partial charge in [-0.15, -0.1) is 22.7 Å². The van der Waals surface area contributed by atoms with E-state index in [-0.39, 0.29) is 24.2 Å². The number of aliphatic hydroxyl groups is 1. The van der Waals surface area contributed by atoms with Crippen LogP contribution in [0.15, 0.2) is 149 Å². The van der Waals surface area contributed by atoms with E-state index in [0.717, 1.165) is 56.8 Å². The van der Waals surface area contributed by atoms with Crippen molar-refractivity contribution in [1.82, 2.24) is 5.32 Å². The summed E-state index contributed by atoms with van der Waals surface area (Å²) in [6, 6.07) is 43.0. The van der Waals surface area contributed by atoms with Crippen LogP contribution < -0.4 is 11.1 Å². The first-order chi connectivity index (χ1) is 29.7. The van der Waals surface area contributed by atoms with Crippen LogP contribution >= 0.6 is 22.7 Å². The van der Waals surface area contributed by atoms with Crippen molar-refractivity contribution in [3.8, 4) is 24.3 Å². The van der Waals surface area contributed by atoms with Gasteiger partial charge in [-0.3, -0.25) is 14.4 Å². The van der Waals surface area contributed by atoms with Crippen LogP contribution in [-0.4, -0.2) is 34.4 Å². The summed E-state index contributed by atoms with van der Waals surface area (Å²) in [6.45, 7) is 8.10. The van der Waals surface area contributed by atoms with Gasteiger partial charge in [0.25, 0.3) is 5.97 Å². The number of thiophene rings is 2. The molecule has 1 aliphatic rings. The van der Waals surface area contributed by atoms with Crippen LogP contribution in [0.25, 0.3) is 25.9 Å². The average molecular weight is 863 g/mol. The standard InChI is InChI=1S/C22H15N3S.C9H7NO.C9H6OS.C4H6N2.C3H8O.C2H4O2/c1-14-17(11-23)21(19-13-26-20-10-6-5-9-16(19)20)18(12-24)22(25-14)15-7-3-2-4-8-15;10-7-6-9(11)8-4-2-1-3-5-8;10-5-7-6-11-9-4-2-1-3-8(7)9;1-4(6)2-3-5;1-3(2)4;1-2(3)4/h2-10,13,21,25H,1H3;1-5H,6H2;1-6H;2H,6H2,1H3;3-4H,1-2H3;1H3,(H,3,4)/b;;;4-2-;;. The van der Waals surface area contributed by atoms with Crippen LogP contribution in [-0.2, 0) is 4.79 Å². The fraction of sp³-hybridized carbons (Fsp3) is 0.163. The highest BCUT2D eigenvalue weighted by Gasteiger charge is 2.32. The lowest BCUT2D eigenvalue weighted by Gasteiger charge is -2.27. The Bertz CT molecular complexity index is 2680. The van der Waals surface area contributed by atoms with E-state index in [1.807, 2.05) is 91.2 Å². The van der Waals surface area contributed by atoms with Crippen molar-refractivity contribution >= 4 is 66.6 Å². The molecule has 0 fully saturated rings. The minimum absolute atomic E-state index is 0.0377. The van der Waals surface area contributed by atoms with E-state index in [2.05, 4.69) is 35.0 Å². The summed E-state index contributed by atoms with van der Waals surface area (Å²) in [5, 5.41) is 60.7. The molecule has 0 saturated heterocycles. The Kier molecular flexibility index (Phi) is 22.1. The summed E-state index contributed by atoms with van der Waals surface area (Å²) >= 11 is 3.25. The smallest absolute Gasteiger partial charge is 0.300 e. The van der Waals surface area contributed by atoms with Gasteiger partial charge >= 0.3 is 0 Å². The maximum Gasteiger partial charge on any atom is 0.300 e. The van der Waals surface area contributed by atoms with E-state index < -0.39 is 5.97 Å². The molecular formula is C49H46N6O5S2. The zero-order valence-corrected chi connectivity index (χ0v) is 36.5. The van der Waals surface area contributed by atoms with E-state index in [4.69, 9.17) is 31.3 Å². The molecule has 0 saturated carbocycles. The van der Waals surface area contributed by atoms with Crippen LogP contribution in [0.3, 0.4) is 0 Å². The van der Waals surface area contributed by atoms with Crippen LogP contribution in [0.2, 0.25) is 0 Å². The van der Waals surface area contributed by atoms with Gasteiger partial charge in [-0.1, -0.05) is 97.1 Å². The molecule has 2 aromatic heterocycles. The third-order valence-electron chi connectivity index (χ3n) is 7.95. The molecule has 0 radical (unpaired) electrons. The number of carbonyl (C=O) groups is 3. The number of dihydropyridines is 1. The number of carboxylic acid groups (broad SMARTS) is 1. The second-order valence-corrected chi connectivity index (χ2v) is 15.0. The molecule has 3 heterocycles. The van der Waals surface area contributed by atoms with Crippen molar-refractivity contribution in [3.05, 3.63) is 171 Å². The fourth-order valence-corrected chi connectivity index (χ4v) is 7.34. The number of Topliss-reactive ketones (excluding diaryl/α,β-unsaturated/α-hetero) is 1. The number of nitriles is 4. The summed E-state index contributed by atoms with van der Waals surface area (Å²) in [5.74, 6) is -1.30. The minimum atomic E-state index is -0.833. The third-order valence-corrected chi connectivity index (χ3v) is 9.92. The molecule has 0 bridgehead atoms. The molecule has 11 nitrogen and oxygen atoms in total. The lowest BCUT2D eigenvalue weighted by molar-refractivity contribution is -0.134. The van der Waals surface area contributed by atoms with E-state index in [9.17, 15) is 20.1 Å². The number of nitrogens with one attached hydrogen (secondary N) is 1. The summed E-state index contributed by atoms with van der Waals surface area (Å²) in [7, 11) is 0. The topological polar surface area (TPSA) is 225 Å². The molecule has 62 heavy (non-hydrogen) atoms. The number of fused-ring (bicyclic) bond motifs is 2. The molecule has 5 N–H and O–H groups in total. The van der Waals surface area contributed by atoms with E-state index in [1.54, 1.807) is 73.8 Å². The Morgan fingerprint density at radius 2 is 1.27 bits per heavy atom. The molecule has 0 amide bonds. The van der Waals surface area contributed by atoms with Crippen molar-refractivity contribution in [3.63, 3.8) is 0 Å². The normalized spacial score (nSPS) is 12.4. The van der Waals surface area contributed by atoms with E-state index >= 15 is 0 Å². The largest absolute Gasteiger partial charge is 0.481 e. The molecule has 6 aromatic rings. The third kappa shape index (κ3) is 16.2. The number of aldehydes is 1. The molecule has 1 atom stereocenters. The van der Waals surface area contributed by atoms with Crippen molar-refractivity contribution in [1.29, 1.82) is 21.0 Å². The van der Waals surface area contributed by atoms with Crippen LogP contribution in [0, 0.1) is 45.3 Å². The van der Waals surface area contributed by atoms with E-state index in [1.165, 1.54) is 10.8 Å². The predicted molar refractivity (Wildman–Crippen MR) is 247 cm³/mol. The zero-order chi connectivity index (χ0) is 46.0. The number of allylic oxidation sites excluding steroid dienone is 5. The lowest BCUT2D eigenvalue weighted by Crippen LogP contribution is -2.23. The van der Waals surface area contributed by atoms with Crippen molar-refractivity contribution in [2.24, 2.45) is 5.73 Å². The zero-order valence-electron chi connectivity index (χ0n) is 34.9. The summed E-state index contributed by atoms with van der Waals surface area (Å²) in [4.78, 5) is 30.5. The van der Waals surface area contributed by atoms with Crippen LogP contribution in [0.4, 0.5) is 0 Å². The number of benzene rings is 4. The van der Waals surface area contributed by atoms with Crippen molar-refractivity contribution in [2.75, 3.05) is 0 Å². The lowest BCUT2D eigenvalue weighted by atomic mass is 9.80. The average Bonchev–Trinajstić information content (AvgIpc) is 3.89. The maximum absolute atomic E-state index is 11.0. The fourth-order valence-electron chi connectivity index (χ4n) is 5.45. The number of ketones is 1. The number of carboxylic acids is 1. The molecule has 0 spiro atoms. The molecule has 7 rings (SSSR count). The Morgan fingerprint density at radius 3 is 1.76 bits per heavy atom. The number of hydrogen-bond acceptors (Lipinski definition) is 12. The molecule has 13 heteroatoms. The number of aliphatic hydroxyl groups excluding tert-OH is 1. The van der Waals surface area contributed by atoms with Gasteiger partial charge in [0, 0.05) is 61.8 Å². The summed E-state index contributed by atoms with van der Waals surface area (Å²) < 4.78 is 2.34. The molecular weight excluding hydrogens is 817 g/mol. The molecule has 0 aliphatic carbocycles. The summed E-state index contributed by atoms with van der Waals surface area (Å²) in [6.07, 6.45) is 1.99. The molecule has 1 aliphatic heterocycles. The number of hydrogen-bond donors (Lipinski definition) is 4. The van der Waals surface area contributed by atoms with Gasteiger partial charge in [0.05, 0.1) is 53.5 Å². The van der Waals surface area contributed by atoms with Gasteiger partial charge in [-0.2, -0.15) is 21.0 Å². The first-order valence-electron chi connectivity index (χ1n) is 18.8. The van der Waals surface area contributed by atoms with Gasteiger partial charge in [-0.05, 0) is 61.7 Å². The van der Waals surface area contributed by atoms with Gasteiger partial charge in [0.15, 0.2) is 12.1 Å². The highest BCUT2D eigenvalue weighted by molar-refractivity contribution is 7.17. The highest BCUT2D eigenvalue weighted by atomic mass is 32.1. The Labute approximate surface area is 369 Å². The minimum Gasteiger partial charge on any atom is -0.481 e. The van der Waals surface area contributed by atoms with Crippen molar-refractivity contribution < 1.29 is 24.6 Å². The Hall–Kier alpha value is -7.65. The monoisotopic (exact) mass is 862 g/mol. The SMILES string of the molecule is C/C(N)=C/C#N.CC(=O)O.CC(C)O.CC1=C(C#N)C(c2csc3ccccc23)C(C#N)=C(c2ccccc2)N1.N#CCC(=O)c1ccccc1.O=Cc1csc2ccccc12. The molecule has 1 unspecified atom stereocenters. The summed E-state index contributed by atoms with van der Waals surface area (Å²) in [5.41, 5.74) is 11.7. The van der Waals surface area contributed by atoms with Gasteiger partial charge in [0.2, 0.25) is 0 Å². The first-order valence-corrected chi connectivity index (χ1v) is 20.6. The Balaban J connectivity index is 0.000000304. The second kappa shape index (κ2) is 27.2. The quantitative estimate of drug-likeness (QED) is 0.0724. The second-order valence-electron chi connectivity index (χ2n) is 13.2. The van der Waals surface area contributed by atoms with Gasteiger partial charge in [0.1, 0.15) is 0 Å². The van der Waals surface area contributed by atoms with Crippen LogP contribution in [0.1, 0.15) is 78.8 Å². The molecule has 314 valence electrons. The van der Waals surface area contributed by atoms with Gasteiger partial charge < -0.3 is 21.3 Å². The number of aliphatic carboxylic acids is 1. The van der Waals surface area contributed by atoms with Gasteiger partial charge in [-0.25, -0.2) is 0 Å². The number of nitrogens with two attached hydrogens (primary N) is 1. The Morgan fingerprint density at radius 1 is 0.790 bits per heavy atom. The van der Waals surface area contributed by atoms with E-state index in [0.29, 0.717) is 22.4 Å². The predicted octanol–water partition coefficient (Wildman–Crippen LogP) is 10.7. The molecule has 4 aromatic carbocycles. The number of carbonyl (C=O) groups excluding carboxylic acids is 2. The highest BCUT2D eigenvalue weighted by Crippen LogP contribution is 2.44. The number of rotatable bonds is 5. The van der Waals surface area contributed by atoms with Crippen molar-refractivity contribution in [2.45, 2.75) is 53.1 Å². The van der Waals surface area contributed by atoms with Crippen LogP contribution in [0.5, 0.6) is 0 Å². The maximum atomic E-state index is 11.0. The first kappa shape index (κ1) is 50.5. The number of nitrogens with zero attached hydrogens (tertiary/aromatic N) is 4.